The number of ether oxygens (including phenoxy) is 2. The maximum atomic E-state index is 12.3. The quantitative estimate of drug-likeness (QED) is 0.763. The molecule has 1 aromatic rings. The number of nitrogens with zero attached hydrogens (tertiary/aromatic N) is 2. The summed E-state index contributed by atoms with van der Waals surface area (Å²) in [5.41, 5.74) is 1.04. The van der Waals surface area contributed by atoms with Crippen molar-refractivity contribution in [1.82, 2.24) is 15.1 Å². The third kappa shape index (κ3) is 6.14. The minimum Gasteiger partial charge on any atom is -0.497 e. The Kier molecular flexibility index (Phi) is 8.10. The van der Waals surface area contributed by atoms with Crippen LogP contribution in [0.15, 0.2) is 24.3 Å². The topological polar surface area (TPSA) is 88.2 Å². The van der Waals surface area contributed by atoms with Gasteiger partial charge < -0.3 is 24.6 Å². The van der Waals surface area contributed by atoms with Gasteiger partial charge in [0.25, 0.3) is 0 Å². The van der Waals surface area contributed by atoms with Crippen molar-refractivity contribution in [3.8, 4) is 5.75 Å². The van der Waals surface area contributed by atoms with Crippen LogP contribution in [0.4, 0.5) is 4.79 Å². The molecule has 1 aliphatic rings. The smallest absolute Gasteiger partial charge is 0.409 e. The second-order valence-electron chi connectivity index (χ2n) is 6.72. The van der Waals surface area contributed by atoms with Crippen molar-refractivity contribution in [1.29, 1.82) is 0 Å². The first-order valence-corrected chi connectivity index (χ1v) is 9.54. The molecule has 0 spiro atoms. The van der Waals surface area contributed by atoms with Crippen LogP contribution in [0.25, 0.3) is 0 Å². The van der Waals surface area contributed by atoms with Gasteiger partial charge in [0.05, 0.1) is 20.3 Å². The molecule has 1 heterocycles. The van der Waals surface area contributed by atoms with Gasteiger partial charge in [0.1, 0.15) is 5.75 Å². The fourth-order valence-corrected chi connectivity index (χ4v) is 3.04. The van der Waals surface area contributed by atoms with Crippen LogP contribution >= 0.6 is 0 Å². The molecule has 1 aromatic carbocycles. The highest BCUT2D eigenvalue weighted by atomic mass is 16.6. The van der Waals surface area contributed by atoms with Gasteiger partial charge in [-0.1, -0.05) is 19.1 Å². The van der Waals surface area contributed by atoms with E-state index in [2.05, 4.69) is 5.32 Å². The summed E-state index contributed by atoms with van der Waals surface area (Å²) in [6.45, 7) is 5.78. The third-order valence-corrected chi connectivity index (χ3v) is 4.77. The summed E-state index contributed by atoms with van der Waals surface area (Å²) in [6.07, 6.45) is -0.0496. The summed E-state index contributed by atoms with van der Waals surface area (Å²) in [5.74, 6) is 0.499. The molecule has 0 radical (unpaired) electrons. The molecule has 0 bridgehead atoms. The van der Waals surface area contributed by atoms with Crippen molar-refractivity contribution < 1.29 is 23.9 Å². The number of nitrogens with one attached hydrogen (secondary N) is 1. The van der Waals surface area contributed by atoms with Gasteiger partial charge in [0.15, 0.2) is 0 Å². The molecule has 3 amide bonds. The van der Waals surface area contributed by atoms with E-state index in [0.717, 1.165) is 11.3 Å². The number of benzene rings is 1. The van der Waals surface area contributed by atoms with Crippen LogP contribution in [-0.4, -0.2) is 74.1 Å². The van der Waals surface area contributed by atoms with Gasteiger partial charge in [-0.15, -0.1) is 0 Å². The number of methoxy groups -OCH3 is 1. The third-order valence-electron chi connectivity index (χ3n) is 4.77. The lowest BCUT2D eigenvalue weighted by Crippen LogP contribution is -2.52. The minimum absolute atomic E-state index is 0.0342. The Bertz CT molecular complexity index is 669. The van der Waals surface area contributed by atoms with Crippen LogP contribution in [0.5, 0.6) is 5.75 Å². The lowest BCUT2D eigenvalue weighted by Gasteiger charge is -2.34. The summed E-state index contributed by atoms with van der Waals surface area (Å²) >= 11 is 0. The van der Waals surface area contributed by atoms with Crippen molar-refractivity contribution in [2.75, 3.05) is 46.4 Å². The monoisotopic (exact) mass is 391 g/mol. The van der Waals surface area contributed by atoms with Crippen molar-refractivity contribution >= 4 is 17.9 Å². The zero-order valence-corrected chi connectivity index (χ0v) is 16.8. The van der Waals surface area contributed by atoms with Gasteiger partial charge in [-0.25, -0.2) is 4.79 Å². The van der Waals surface area contributed by atoms with Gasteiger partial charge in [0, 0.05) is 32.6 Å². The molecule has 0 saturated carbocycles. The Morgan fingerprint density at radius 1 is 1.07 bits per heavy atom. The minimum atomic E-state index is -0.351. The average molecular weight is 391 g/mol. The van der Waals surface area contributed by atoms with E-state index in [1.807, 2.05) is 31.2 Å². The van der Waals surface area contributed by atoms with Crippen LogP contribution in [-0.2, 0) is 14.3 Å². The zero-order chi connectivity index (χ0) is 20.5. The molecule has 1 unspecified atom stereocenters. The van der Waals surface area contributed by atoms with E-state index >= 15 is 0 Å². The predicted octanol–water partition coefficient (Wildman–Crippen LogP) is 1.61. The summed E-state index contributed by atoms with van der Waals surface area (Å²) in [5, 5.41) is 2.70. The van der Waals surface area contributed by atoms with E-state index in [0.29, 0.717) is 39.2 Å². The Morgan fingerprint density at radius 3 is 2.25 bits per heavy atom. The van der Waals surface area contributed by atoms with Gasteiger partial charge in [0.2, 0.25) is 11.8 Å². The largest absolute Gasteiger partial charge is 0.497 e. The maximum Gasteiger partial charge on any atom is 0.409 e. The van der Waals surface area contributed by atoms with E-state index in [1.54, 1.807) is 23.8 Å². The summed E-state index contributed by atoms with van der Waals surface area (Å²) in [4.78, 5) is 39.4. The van der Waals surface area contributed by atoms with Crippen LogP contribution in [0, 0.1) is 0 Å². The molecule has 8 heteroatoms. The molecule has 0 aromatic heterocycles. The number of rotatable bonds is 7. The fraction of sp³-hybridized carbons (Fsp3) is 0.550. The Morgan fingerprint density at radius 2 is 1.68 bits per heavy atom. The Balaban J connectivity index is 1.72. The lowest BCUT2D eigenvalue weighted by molar-refractivity contribution is -0.134. The van der Waals surface area contributed by atoms with E-state index in [9.17, 15) is 14.4 Å². The van der Waals surface area contributed by atoms with Gasteiger partial charge in [-0.2, -0.15) is 0 Å². The number of hydrogen-bond donors (Lipinski definition) is 1. The molecule has 1 atom stereocenters. The first-order valence-electron chi connectivity index (χ1n) is 9.54. The summed E-state index contributed by atoms with van der Waals surface area (Å²) in [7, 11) is 1.61. The molecule has 1 aliphatic heterocycles. The number of amides is 3. The number of carbonyl (C=O) groups excluding carboxylic acids is 3. The fourth-order valence-electron chi connectivity index (χ4n) is 3.04. The standard InChI is InChI=1S/C20H29N3O5/c1-4-28-20(26)23-11-9-22(10-12-23)19(25)14-21-18(24)13-15(2)16-5-7-17(27-3)8-6-16/h5-8,15H,4,9-14H2,1-3H3,(H,21,24). The van der Waals surface area contributed by atoms with E-state index in [1.165, 1.54) is 0 Å². The molecular formula is C20H29N3O5. The van der Waals surface area contributed by atoms with Crippen LogP contribution < -0.4 is 10.1 Å². The SMILES string of the molecule is CCOC(=O)N1CCN(C(=O)CNC(=O)CC(C)c2ccc(OC)cc2)CC1. The Hall–Kier alpha value is -2.77. The van der Waals surface area contributed by atoms with Crippen LogP contribution in [0.2, 0.25) is 0 Å². The van der Waals surface area contributed by atoms with Gasteiger partial charge >= 0.3 is 6.09 Å². The molecular weight excluding hydrogens is 362 g/mol. The molecule has 2 rings (SSSR count). The van der Waals surface area contributed by atoms with Crippen molar-refractivity contribution in [2.24, 2.45) is 0 Å². The lowest BCUT2D eigenvalue weighted by atomic mass is 9.97. The highest BCUT2D eigenvalue weighted by molar-refractivity contribution is 5.85. The predicted molar refractivity (Wildman–Crippen MR) is 104 cm³/mol. The van der Waals surface area contributed by atoms with Gasteiger partial charge in [-0.3, -0.25) is 9.59 Å². The van der Waals surface area contributed by atoms with Crippen molar-refractivity contribution in [3.63, 3.8) is 0 Å². The highest BCUT2D eigenvalue weighted by Crippen LogP contribution is 2.21. The summed E-state index contributed by atoms with van der Waals surface area (Å²) < 4.78 is 10.1. The van der Waals surface area contributed by atoms with E-state index < -0.39 is 0 Å². The zero-order valence-electron chi connectivity index (χ0n) is 16.8. The Labute approximate surface area is 165 Å². The molecule has 1 saturated heterocycles. The van der Waals surface area contributed by atoms with Crippen molar-refractivity contribution in [2.45, 2.75) is 26.2 Å². The molecule has 1 fully saturated rings. The first-order chi connectivity index (χ1) is 13.4. The highest BCUT2D eigenvalue weighted by Gasteiger charge is 2.25. The van der Waals surface area contributed by atoms with E-state index in [4.69, 9.17) is 9.47 Å². The number of carbonyl (C=O) groups is 3. The van der Waals surface area contributed by atoms with Crippen molar-refractivity contribution in [3.05, 3.63) is 29.8 Å². The molecule has 0 aliphatic carbocycles. The van der Waals surface area contributed by atoms with E-state index in [-0.39, 0.29) is 30.4 Å². The normalized spacial score (nSPS) is 15.0. The summed E-state index contributed by atoms with van der Waals surface area (Å²) in [6, 6.07) is 7.60. The molecule has 154 valence electrons. The number of hydrogen-bond acceptors (Lipinski definition) is 5. The number of piperazine rings is 1. The second-order valence-corrected chi connectivity index (χ2v) is 6.72. The maximum absolute atomic E-state index is 12.3. The second kappa shape index (κ2) is 10.5. The molecule has 8 nitrogen and oxygen atoms in total. The van der Waals surface area contributed by atoms with Gasteiger partial charge in [-0.05, 0) is 30.5 Å². The average Bonchev–Trinajstić information content (AvgIpc) is 2.72. The molecule has 28 heavy (non-hydrogen) atoms. The molecule has 1 N–H and O–H groups in total. The van der Waals surface area contributed by atoms with Crippen LogP contribution in [0.3, 0.4) is 0 Å². The van der Waals surface area contributed by atoms with Crippen LogP contribution in [0.1, 0.15) is 31.7 Å². The first kappa shape index (κ1) is 21.5.